The van der Waals surface area contributed by atoms with E-state index in [9.17, 15) is 4.79 Å². The van der Waals surface area contributed by atoms with Gasteiger partial charge in [-0.25, -0.2) is 0 Å². The van der Waals surface area contributed by atoms with E-state index < -0.39 is 5.97 Å². The number of aryl methyl sites for hydroxylation is 2. The van der Waals surface area contributed by atoms with Crippen LogP contribution in [0.2, 0.25) is 0 Å². The molecule has 112 valence electrons. The third-order valence-electron chi connectivity index (χ3n) is 3.44. The van der Waals surface area contributed by atoms with E-state index in [1.807, 2.05) is 12.3 Å². The Balaban J connectivity index is 2.24. The molecule has 4 nitrogen and oxygen atoms in total. The van der Waals surface area contributed by atoms with E-state index in [0.717, 1.165) is 25.8 Å². The Kier molecular flexibility index (Phi) is 7.23. The minimum atomic E-state index is -0.700. The summed E-state index contributed by atoms with van der Waals surface area (Å²) in [5.41, 5.74) is 2.54. The highest BCUT2D eigenvalue weighted by atomic mass is 16.4. The molecule has 0 aliphatic rings. The van der Waals surface area contributed by atoms with Crippen molar-refractivity contribution in [3.8, 4) is 0 Å². The second kappa shape index (κ2) is 8.69. The van der Waals surface area contributed by atoms with Gasteiger partial charge >= 0.3 is 5.97 Å². The maximum atomic E-state index is 11.1. The topological polar surface area (TPSA) is 62.2 Å². The standard InChI is InChI=1S/C16H26N2O2/c1-12(2)9-15(16(19)20)11-17-7-4-5-14-10-18-8-6-13(14)3/h6,8,10,12,15,17H,4-5,7,9,11H2,1-3H3,(H,19,20). The van der Waals surface area contributed by atoms with Gasteiger partial charge in [-0.3, -0.25) is 9.78 Å². The molecule has 0 saturated heterocycles. The molecule has 1 aromatic rings. The summed E-state index contributed by atoms with van der Waals surface area (Å²) in [6, 6.07) is 2.02. The van der Waals surface area contributed by atoms with Crippen LogP contribution in [0.4, 0.5) is 0 Å². The van der Waals surface area contributed by atoms with Gasteiger partial charge in [0.1, 0.15) is 0 Å². The van der Waals surface area contributed by atoms with Gasteiger partial charge in [0, 0.05) is 18.9 Å². The Morgan fingerprint density at radius 1 is 1.45 bits per heavy atom. The van der Waals surface area contributed by atoms with Gasteiger partial charge in [-0.05, 0) is 55.8 Å². The lowest BCUT2D eigenvalue weighted by Gasteiger charge is -2.15. The van der Waals surface area contributed by atoms with Crippen molar-refractivity contribution >= 4 is 5.97 Å². The van der Waals surface area contributed by atoms with Gasteiger partial charge in [-0.2, -0.15) is 0 Å². The van der Waals surface area contributed by atoms with Crippen molar-refractivity contribution in [3.05, 3.63) is 29.6 Å². The Morgan fingerprint density at radius 2 is 2.20 bits per heavy atom. The molecule has 1 atom stereocenters. The van der Waals surface area contributed by atoms with Gasteiger partial charge in [-0.1, -0.05) is 13.8 Å². The highest BCUT2D eigenvalue weighted by Crippen LogP contribution is 2.11. The monoisotopic (exact) mass is 278 g/mol. The maximum absolute atomic E-state index is 11.1. The summed E-state index contributed by atoms with van der Waals surface area (Å²) in [6.07, 6.45) is 6.42. The summed E-state index contributed by atoms with van der Waals surface area (Å²) < 4.78 is 0. The molecule has 1 heterocycles. The fraction of sp³-hybridized carbons (Fsp3) is 0.625. The molecule has 0 aromatic carbocycles. The zero-order valence-corrected chi connectivity index (χ0v) is 12.7. The van der Waals surface area contributed by atoms with Crippen LogP contribution in [0.15, 0.2) is 18.5 Å². The fourth-order valence-corrected chi connectivity index (χ4v) is 2.28. The van der Waals surface area contributed by atoms with Crippen LogP contribution in [0, 0.1) is 18.8 Å². The van der Waals surface area contributed by atoms with Crippen LogP contribution >= 0.6 is 0 Å². The molecule has 20 heavy (non-hydrogen) atoms. The van der Waals surface area contributed by atoms with Gasteiger partial charge < -0.3 is 10.4 Å². The van der Waals surface area contributed by atoms with E-state index in [1.54, 1.807) is 6.20 Å². The number of carboxylic acid groups (broad SMARTS) is 1. The smallest absolute Gasteiger partial charge is 0.307 e. The summed E-state index contributed by atoms with van der Waals surface area (Å²) in [4.78, 5) is 15.2. The highest BCUT2D eigenvalue weighted by Gasteiger charge is 2.17. The number of rotatable bonds is 9. The van der Waals surface area contributed by atoms with Crippen LogP contribution in [0.1, 0.15) is 37.8 Å². The van der Waals surface area contributed by atoms with Crippen LogP contribution < -0.4 is 5.32 Å². The summed E-state index contributed by atoms with van der Waals surface area (Å²) in [7, 11) is 0. The largest absolute Gasteiger partial charge is 0.481 e. The Bertz CT molecular complexity index is 419. The van der Waals surface area contributed by atoms with E-state index in [2.05, 4.69) is 31.1 Å². The number of aliphatic carboxylic acids is 1. The molecular weight excluding hydrogens is 252 g/mol. The number of hydrogen-bond acceptors (Lipinski definition) is 3. The van der Waals surface area contributed by atoms with E-state index in [0.29, 0.717) is 12.5 Å². The summed E-state index contributed by atoms with van der Waals surface area (Å²) in [6.45, 7) is 7.60. The van der Waals surface area contributed by atoms with Crippen LogP contribution in [0.3, 0.4) is 0 Å². The molecule has 1 aromatic heterocycles. The van der Waals surface area contributed by atoms with Crippen LogP contribution in [-0.2, 0) is 11.2 Å². The second-order valence-corrected chi connectivity index (χ2v) is 5.77. The zero-order valence-electron chi connectivity index (χ0n) is 12.7. The number of hydrogen-bond donors (Lipinski definition) is 2. The first kappa shape index (κ1) is 16.6. The Hall–Kier alpha value is -1.42. The molecule has 2 N–H and O–H groups in total. The van der Waals surface area contributed by atoms with Gasteiger partial charge in [-0.15, -0.1) is 0 Å². The van der Waals surface area contributed by atoms with Crippen molar-refractivity contribution in [2.75, 3.05) is 13.1 Å². The predicted molar refractivity (Wildman–Crippen MR) is 80.7 cm³/mol. The molecule has 0 aliphatic heterocycles. The zero-order chi connectivity index (χ0) is 15.0. The molecule has 1 rings (SSSR count). The SMILES string of the molecule is Cc1ccncc1CCCNCC(CC(C)C)C(=O)O. The maximum Gasteiger partial charge on any atom is 0.307 e. The minimum absolute atomic E-state index is 0.282. The van der Waals surface area contributed by atoms with Gasteiger partial charge in [0.2, 0.25) is 0 Å². The number of carbonyl (C=O) groups is 1. The second-order valence-electron chi connectivity index (χ2n) is 5.77. The van der Waals surface area contributed by atoms with E-state index >= 15 is 0 Å². The normalized spacial score (nSPS) is 12.6. The lowest BCUT2D eigenvalue weighted by atomic mass is 9.97. The van der Waals surface area contributed by atoms with Crippen molar-refractivity contribution in [1.29, 1.82) is 0 Å². The average Bonchev–Trinajstić information content (AvgIpc) is 2.38. The average molecular weight is 278 g/mol. The number of aromatic nitrogens is 1. The predicted octanol–water partition coefficient (Wildman–Crippen LogP) is 2.66. The molecule has 0 radical (unpaired) electrons. The van der Waals surface area contributed by atoms with E-state index in [1.165, 1.54) is 11.1 Å². The van der Waals surface area contributed by atoms with E-state index in [4.69, 9.17) is 5.11 Å². The molecule has 0 bridgehead atoms. The molecule has 0 amide bonds. The number of nitrogens with zero attached hydrogens (tertiary/aromatic N) is 1. The van der Waals surface area contributed by atoms with Crippen molar-refractivity contribution in [2.45, 2.75) is 40.0 Å². The van der Waals surface area contributed by atoms with Gasteiger partial charge in [0.05, 0.1) is 5.92 Å². The quantitative estimate of drug-likeness (QED) is 0.682. The summed E-state index contributed by atoms with van der Waals surface area (Å²) >= 11 is 0. The molecule has 0 saturated carbocycles. The fourth-order valence-electron chi connectivity index (χ4n) is 2.28. The van der Waals surface area contributed by atoms with Crippen LogP contribution in [0.5, 0.6) is 0 Å². The first-order valence-corrected chi connectivity index (χ1v) is 7.33. The lowest BCUT2D eigenvalue weighted by molar-refractivity contribution is -0.142. The Labute approximate surface area is 121 Å². The molecule has 4 heteroatoms. The third kappa shape index (κ3) is 6.15. The van der Waals surface area contributed by atoms with Crippen LogP contribution in [-0.4, -0.2) is 29.1 Å². The van der Waals surface area contributed by atoms with Crippen molar-refractivity contribution in [3.63, 3.8) is 0 Å². The minimum Gasteiger partial charge on any atom is -0.481 e. The Morgan fingerprint density at radius 3 is 2.80 bits per heavy atom. The summed E-state index contributed by atoms with van der Waals surface area (Å²) in [5, 5.41) is 12.4. The van der Waals surface area contributed by atoms with Gasteiger partial charge in [0.15, 0.2) is 0 Å². The molecule has 0 aliphatic carbocycles. The van der Waals surface area contributed by atoms with Crippen molar-refractivity contribution < 1.29 is 9.90 Å². The van der Waals surface area contributed by atoms with Crippen molar-refractivity contribution in [2.24, 2.45) is 11.8 Å². The van der Waals surface area contributed by atoms with E-state index in [-0.39, 0.29) is 5.92 Å². The molecule has 0 fully saturated rings. The highest BCUT2D eigenvalue weighted by molar-refractivity contribution is 5.70. The third-order valence-corrected chi connectivity index (χ3v) is 3.44. The number of nitrogens with one attached hydrogen (secondary N) is 1. The number of carboxylic acids is 1. The first-order valence-electron chi connectivity index (χ1n) is 7.33. The molecule has 1 unspecified atom stereocenters. The lowest BCUT2D eigenvalue weighted by Crippen LogP contribution is -2.30. The van der Waals surface area contributed by atoms with Crippen LogP contribution in [0.25, 0.3) is 0 Å². The summed E-state index contributed by atoms with van der Waals surface area (Å²) in [5.74, 6) is -0.569. The first-order chi connectivity index (χ1) is 9.50. The molecular formula is C16H26N2O2. The van der Waals surface area contributed by atoms with Gasteiger partial charge in [0.25, 0.3) is 0 Å². The molecule has 0 spiro atoms. The van der Waals surface area contributed by atoms with Crippen molar-refractivity contribution in [1.82, 2.24) is 10.3 Å². The number of pyridine rings is 1.